The zero-order valence-electron chi connectivity index (χ0n) is 8.47. The lowest BCUT2D eigenvalue weighted by molar-refractivity contribution is -0.124. The predicted octanol–water partition coefficient (Wildman–Crippen LogP) is 0.458. The fourth-order valence-electron chi connectivity index (χ4n) is 1.04. The molecular formula is C8H11N5OS. The van der Waals surface area contributed by atoms with Crippen LogP contribution in [0.4, 0.5) is 0 Å². The average molecular weight is 225 g/mol. The highest BCUT2D eigenvalue weighted by atomic mass is 32.1. The standard InChI is InChI=1S/C8H11N5OS/c1-5(2)7(14)9-3-6-12-13-4-10-11-8(13)15-6/h4-5H,3H2,1-2H3,(H,9,14). The van der Waals surface area contributed by atoms with Gasteiger partial charge in [-0.15, -0.1) is 10.2 Å². The van der Waals surface area contributed by atoms with Crippen LogP contribution >= 0.6 is 11.3 Å². The third kappa shape index (κ3) is 2.12. The molecule has 6 nitrogen and oxygen atoms in total. The van der Waals surface area contributed by atoms with Crippen LogP contribution in [-0.2, 0) is 11.3 Å². The van der Waals surface area contributed by atoms with Crippen molar-refractivity contribution in [3.05, 3.63) is 11.3 Å². The highest BCUT2D eigenvalue weighted by molar-refractivity contribution is 7.16. The van der Waals surface area contributed by atoms with Crippen LogP contribution in [0.25, 0.3) is 4.96 Å². The van der Waals surface area contributed by atoms with Gasteiger partial charge >= 0.3 is 0 Å². The maximum absolute atomic E-state index is 11.3. The number of rotatable bonds is 3. The van der Waals surface area contributed by atoms with Gasteiger partial charge in [-0.3, -0.25) is 4.79 Å². The molecule has 2 heterocycles. The lowest BCUT2D eigenvalue weighted by Gasteiger charge is -2.04. The number of carbonyl (C=O) groups excluding carboxylic acids is 1. The molecule has 15 heavy (non-hydrogen) atoms. The molecule has 2 aromatic heterocycles. The molecule has 1 amide bonds. The van der Waals surface area contributed by atoms with Crippen molar-refractivity contribution in [1.29, 1.82) is 0 Å². The largest absolute Gasteiger partial charge is 0.349 e. The summed E-state index contributed by atoms with van der Waals surface area (Å²) >= 11 is 1.42. The minimum atomic E-state index is -0.00397. The summed E-state index contributed by atoms with van der Waals surface area (Å²) in [6.07, 6.45) is 1.54. The highest BCUT2D eigenvalue weighted by Crippen LogP contribution is 2.10. The van der Waals surface area contributed by atoms with Gasteiger partial charge in [0.1, 0.15) is 11.3 Å². The highest BCUT2D eigenvalue weighted by Gasteiger charge is 2.09. The van der Waals surface area contributed by atoms with Crippen molar-refractivity contribution in [3.8, 4) is 0 Å². The fourth-order valence-corrected chi connectivity index (χ4v) is 1.79. The van der Waals surface area contributed by atoms with Crippen molar-refractivity contribution in [3.63, 3.8) is 0 Å². The van der Waals surface area contributed by atoms with Gasteiger partial charge in [-0.1, -0.05) is 25.2 Å². The van der Waals surface area contributed by atoms with Crippen molar-refractivity contribution >= 4 is 22.2 Å². The maximum atomic E-state index is 11.3. The number of hydrogen-bond donors (Lipinski definition) is 1. The van der Waals surface area contributed by atoms with Crippen LogP contribution in [0, 0.1) is 5.92 Å². The van der Waals surface area contributed by atoms with E-state index >= 15 is 0 Å². The number of nitrogens with zero attached hydrogens (tertiary/aromatic N) is 4. The second kappa shape index (κ2) is 3.93. The SMILES string of the molecule is CC(C)C(=O)NCc1nn2cnnc2s1. The van der Waals surface area contributed by atoms with E-state index in [1.165, 1.54) is 11.3 Å². The second-order valence-electron chi connectivity index (χ2n) is 3.43. The molecule has 0 aliphatic rings. The summed E-state index contributed by atoms with van der Waals surface area (Å²) in [6, 6.07) is 0. The van der Waals surface area contributed by atoms with E-state index in [0.29, 0.717) is 6.54 Å². The smallest absolute Gasteiger partial charge is 0.234 e. The molecule has 0 atom stereocenters. The molecule has 0 unspecified atom stereocenters. The number of aromatic nitrogens is 4. The van der Waals surface area contributed by atoms with Crippen LogP contribution in [0.2, 0.25) is 0 Å². The molecule has 80 valence electrons. The predicted molar refractivity (Wildman–Crippen MR) is 55.3 cm³/mol. The van der Waals surface area contributed by atoms with Gasteiger partial charge in [-0.2, -0.15) is 9.61 Å². The Kier molecular flexibility index (Phi) is 2.63. The first-order valence-corrected chi connectivity index (χ1v) is 5.42. The summed E-state index contributed by atoms with van der Waals surface area (Å²) < 4.78 is 1.60. The van der Waals surface area contributed by atoms with Gasteiger partial charge in [-0.25, -0.2) is 0 Å². The van der Waals surface area contributed by atoms with Crippen molar-refractivity contribution in [2.75, 3.05) is 0 Å². The van der Waals surface area contributed by atoms with Crippen molar-refractivity contribution in [2.45, 2.75) is 20.4 Å². The number of amides is 1. The zero-order valence-corrected chi connectivity index (χ0v) is 9.28. The van der Waals surface area contributed by atoms with Crippen LogP contribution in [0.15, 0.2) is 6.33 Å². The molecule has 0 radical (unpaired) electrons. The van der Waals surface area contributed by atoms with E-state index < -0.39 is 0 Å². The van der Waals surface area contributed by atoms with Gasteiger partial charge in [0.2, 0.25) is 10.9 Å². The quantitative estimate of drug-likeness (QED) is 0.823. The lowest BCUT2D eigenvalue weighted by atomic mass is 10.2. The summed E-state index contributed by atoms with van der Waals surface area (Å²) in [5, 5.41) is 15.4. The summed E-state index contributed by atoms with van der Waals surface area (Å²) in [5.74, 6) is 0.0247. The molecule has 0 saturated heterocycles. The fraction of sp³-hybridized carbons (Fsp3) is 0.500. The van der Waals surface area contributed by atoms with Crippen LogP contribution < -0.4 is 5.32 Å². The number of hydrogen-bond acceptors (Lipinski definition) is 5. The first kappa shape index (κ1) is 10.0. The summed E-state index contributed by atoms with van der Waals surface area (Å²) in [5.41, 5.74) is 0. The Morgan fingerprint density at radius 3 is 3.13 bits per heavy atom. The molecule has 0 spiro atoms. The van der Waals surface area contributed by atoms with E-state index in [-0.39, 0.29) is 11.8 Å². The van der Waals surface area contributed by atoms with Gasteiger partial charge in [-0.05, 0) is 0 Å². The van der Waals surface area contributed by atoms with Crippen LogP contribution in [-0.4, -0.2) is 25.7 Å². The molecular weight excluding hydrogens is 214 g/mol. The monoisotopic (exact) mass is 225 g/mol. The summed E-state index contributed by atoms with van der Waals surface area (Å²) in [7, 11) is 0. The van der Waals surface area contributed by atoms with E-state index in [0.717, 1.165) is 9.97 Å². The molecule has 0 fully saturated rings. The molecule has 2 rings (SSSR count). The minimum absolute atomic E-state index is 0.00397. The van der Waals surface area contributed by atoms with Gasteiger partial charge < -0.3 is 5.32 Å². The molecule has 1 N–H and O–H groups in total. The van der Waals surface area contributed by atoms with Crippen molar-refractivity contribution in [2.24, 2.45) is 5.92 Å². The molecule has 0 bridgehead atoms. The molecule has 0 aliphatic heterocycles. The zero-order chi connectivity index (χ0) is 10.8. The summed E-state index contributed by atoms with van der Waals surface area (Å²) in [4.78, 5) is 12.0. The van der Waals surface area contributed by atoms with Crippen LogP contribution in [0.3, 0.4) is 0 Å². The molecule has 7 heteroatoms. The van der Waals surface area contributed by atoms with E-state index in [9.17, 15) is 4.79 Å². The molecule has 0 aliphatic carbocycles. The average Bonchev–Trinajstić information content (AvgIpc) is 2.72. The Bertz CT molecular complexity index is 446. The Balaban J connectivity index is 2.01. The van der Waals surface area contributed by atoms with Gasteiger partial charge in [0.25, 0.3) is 0 Å². The second-order valence-corrected chi connectivity index (χ2v) is 4.47. The number of nitrogens with one attached hydrogen (secondary N) is 1. The van der Waals surface area contributed by atoms with E-state index in [2.05, 4.69) is 20.6 Å². The van der Waals surface area contributed by atoms with Gasteiger partial charge in [0.05, 0.1) is 6.54 Å². The van der Waals surface area contributed by atoms with Crippen LogP contribution in [0.5, 0.6) is 0 Å². The first-order valence-electron chi connectivity index (χ1n) is 4.60. The third-order valence-electron chi connectivity index (χ3n) is 1.87. The van der Waals surface area contributed by atoms with Crippen LogP contribution in [0.1, 0.15) is 18.9 Å². The summed E-state index contributed by atoms with van der Waals surface area (Å²) in [6.45, 7) is 4.16. The molecule has 0 saturated carbocycles. The van der Waals surface area contributed by atoms with E-state index in [1.54, 1.807) is 10.8 Å². The maximum Gasteiger partial charge on any atom is 0.234 e. The number of carbonyl (C=O) groups is 1. The molecule has 2 aromatic rings. The Labute approximate surface area is 90.3 Å². The number of fused-ring (bicyclic) bond motifs is 1. The first-order chi connectivity index (χ1) is 7.16. The van der Waals surface area contributed by atoms with E-state index in [4.69, 9.17) is 0 Å². The van der Waals surface area contributed by atoms with Crippen molar-refractivity contribution < 1.29 is 4.79 Å². The topological polar surface area (TPSA) is 72.2 Å². The van der Waals surface area contributed by atoms with Gasteiger partial charge in [0.15, 0.2) is 0 Å². The molecule has 0 aromatic carbocycles. The lowest BCUT2D eigenvalue weighted by Crippen LogP contribution is -2.27. The third-order valence-corrected chi connectivity index (χ3v) is 2.78. The van der Waals surface area contributed by atoms with Gasteiger partial charge in [0, 0.05) is 5.92 Å². The Morgan fingerprint density at radius 1 is 1.67 bits per heavy atom. The Hall–Kier alpha value is -1.50. The van der Waals surface area contributed by atoms with E-state index in [1.807, 2.05) is 13.8 Å². The Morgan fingerprint density at radius 2 is 2.47 bits per heavy atom. The van der Waals surface area contributed by atoms with Crippen molar-refractivity contribution in [1.82, 2.24) is 25.1 Å². The minimum Gasteiger partial charge on any atom is -0.349 e. The normalized spacial score (nSPS) is 11.1.